The second-order valence-electron chi connectivity index (χ2n) is 7.73. The molecule has 2 aliphatic rings. The Hall–Kier alpha value is -0.590. The highest BCUT2D eigenvalue weighted by Crippen LogP contribution is 2.48. The molecule has 1 unspecified atom stereocenters. The smallest absolute Gasteiger partial charge is 0.256 e. The van der Waals surface area contributed by atoms with E-state index in [4.69, 9.17) is 0 Å². The summed E-state index contributed by atoms with van der Waals surface area (Å²) in [5.74, 6) is 0.706. The Morgan fingerprint density at radius 1 is 1.25 bits per heavy atom. The first-order valence-corrected chi connectivity index (χ1v) is 10.9. The summed E-state index contributed by atoms with van der Waals surface area (Å²) in [6, 6.07) is 5.99. The molecule has 24 heavy (non-hydrogen) atoms. The van der Waals surface area contributed by atoms with Gasteiger partial charge < -0.3 is 0 Å². The van der Waals surface area contributed by atoms with Crippen LogP contribution >= 0.6 is 15.9 Å². The maximum absolute atomic E-state index is 12.8. The van der Waals surface area contributed by atoms with E-state index in [1.807, 2.05) is 12.1 Å². The first-order chi connectivity index (χ1) is 11.2. The van der Waals surface area contributed by atoms with Gasteiger partial charge in [-0.2, -0.15) is 12.7 Å². The monoisotopic (exact) mass is 414 g/mol. The van der Waals surface area contributed by atoms with E-state index >= 15 is 0 Å². The number of anilines is 1. The normalized spacial score (nSPS) is 25.3. The Morgan fingerprint density at radius 2 is 1.92 bits per heavy atom. The Bertz CT molecular complexity index is 714. The van der Waals surface area contributed by atoms with Crippen molar-refractivity contribution in [1.29, 1.82) is 0 Å². The summed E-state index contributed by atoms with van der Waals surface area (Å²) >= 11 is 3.56. The lowest BCUT2D eigenvalue weighted by Crippen LogP contribution is -2.42. The second kappa shape index (κ2) is 6.61. The molecule has 0 saturated heterocycles. The Kier molecular flexibility index (Phi) is 5.02. The molecule has 0 N–H and O–H groups in total. The summed E-state index contributed by atoms with van der Waals surface area (Å²) in [4.78, 5) is 0. The third-order valence-electron chi connectivity index (χ3n) is 5.57. The van der Waals surface area contributed by atoms with Crippen molar-refractivity contribution in [3.8, 4) is 0 Å². The average Bonchev–Trinajstić information content (AvgIpc) is 2.81. The SMILES string of the molecule is CN(C)S(=O)(=O)N1CC(C)(CC2CCCCC2)c2cc(Br)ccc21. The lowest BCUT2D eigenvalue weighted by molar-refractivity contribution is 0.278. The quantitative estimate of drug-likeness (QED) is 0.736. The number of benzene rings is 1. The molecule has 0 aromatic heterocycles. The van der Waals surface area contributed by atoms with Crippen LogP contribution in [-0.2, 0) is 15.6 Å². The third-order valence-corrected chi connectivity index (χ3v) is 7.87. The minimum Gasteiger partial charge on any atom is -0.256 e. The summed E-state index contributed by atoms with van der Waals surface area (Å²) in [5.41, 5.74) is 1.88. The van der Waals surface area contributed by atoms with E-state index in [2.05, 4.69) is 28.9 Å². The summed E-state index contributed by atoms with van der Waals surface area (Å²) in [6.07, 6.45) is 7.59. The molecule has 1 aliphatic heterocycles. The first kappa shape index (κ1) is 18.2. The van der Waals surface area contributed by atoms with Gasteiger partial charge in [-0.3, -0.25) is 4.31 Å². The zero-order chi connectivity index (χ0) is 17.5. The molecule has 6 heteroatoms. The molecule has 0 bridgehead atoms. The highest BCUT2D eigenvalue weighted by Gasteiger charge is 2.45. The standard InChI is InChI=1S/C18H27BrN2O2S/c1-18(12-14-7-5-4-6-8-14)13-21(24(22,23)20(2)3)17-10-9-15(19)11-16(17)18/h9-11,14H,4-8,12-13H2,1-3H3. The van der Waals surface area contributed by atoms with E-state index in [1.165, 1.54) is 36.4 Å². The van der Waals surface area contributed by atoms with Crippen molar-refractivity contribution in [3.05, 3.63) is 28.2 Å². The molecule has 1 aromatic carbocycles. The number of halogens is 1. The molecule has 1 aliphatic carbocycles. The van der Waals surface area contributed by atoms with E-state index in [0.29, 0.717) is 12.5 Å². The Balaban J connectivity index is 1.99. The summed E-state index contributed by atoms with van der Waals surface area (Å²) < 4.78 is 29.5. The lowest BCUT2D eigenvalue weighted by Gasteiger charge is -2.33. The topological polar surface area (TPSA) is 40.6 Å². The molecule has 1 saturated carbocycles. The predicted molar refractivity (Wildman–Crippen MR) is 103 cm³/mol. The van der Waals surface area contributed by atoms with Gasteiger partial charge in [0.05, 0.1) is 5.69 Å². The zero-order valence-electron chi connectivity index (χ0n) is 14.8. The van der Waals surface area contributed by atoms with Crippen LogP contribution in [0.15, 0.2) is 22.7 Å². The van der Waals surface area contributed by atoms with Gasteiger partial charge in [-0.15, -0.1) is 0 Å². The molecule has 1 heterocycles. The summed E-state index contributed by atoms with van der Waals surface area (Å²) in [7, 11) is -0.260. The fourth-order valence-electron chi connectivity index (χ4n) is 4.30. The number of nitrogens with zero attached hydrogens (tertiary/aromatic N) is 2. The van der Waals surface area contributed by atoms with Gasteiger partial charge in [-0.1, -0.05) is 55.0 Å². The van der Waals surface area contributed by atoms with Crippen molar-refractivity contribution in [2.45, 2.75) is 50.9 Å². The van der Waals surface area contributed by atoms with Crippen molar-refractivity contribution in [2.75, 3.05) is 24.9 Å². The second-order valence-corrected chi connectivity index (χ2v) is 10.7. The highest BCUT2D eigenvalue weighted by atomic mass is 79.9. The molecule has 0 amide bonds. The largest absolute Gasteiger partial charge is 0.303 e. The molecule has 1 aromatic rings. The number of fused-ring (bicyclic) bond motifs is 1. The fraction of sp³-hybridized carbons (Fsp3) is 0.667. The molecule has 0 radical (unpaired) electrons. The molecule has 3 rings (SSSR count). The average molecular weight is 415 g/mol. The van der Waals surface area contributed by atoms with Crippen molar-refractivity contribution >= 4 is 31.8 Å². The molecule has 0 spiro atoms. The van der Waals surface area contributed by atoms with Gasteiger partial charge in [0.1, 0.15) is 0 Å². The van der Waals surface area contributed by atoms with Crippen molar-refractivity contribution in [2.24, 2.45) is 5.92 Å². The van der Waals surface area contributed by atoms with E-state index in [1.54, 1.807) is 18.4 Å². The van der Waals surface area contributed by atoms with E-state index in [9.17, 15) is 8.42 Å². The van der Waals surface area contributed by atoms with Crippen LogP contribution in [0, 0.1) is 5.92 Å². The minimum atomic E-state index is -3.46. The molecule has 134 valence electrons. The van der Waals surface area contributed by atoms with Gasteiger partial charge in [0, 0.05) is 30.5 Å². The molecular formula is C18H27BrN2O2S. The predicted octanol–water partition coefficient (Wildman–Crippen LogP) is 4.30. The first-order valence-electron chi connectivity index (χ1n) is 8.74. The molecular weight excluding hydrogens is 388 g/mol. The lowest BCUT2D eigenvalue weighted by atomic mass is 9.73. The molecule has 1 fully saturated rings. The molecule has 1 atom stereocenters. The van der Waals surface area contributed by atoms with Crippen LogP contribution < -0.4 is 4.31 Å². The van der Waals surface area contributed by atoms with Crippen LogP contribution in [0.5, 0.6) is 0 Å². The Labute approximate surface area is 154 Å². The molecule has 4 nitrogen and oxygen atoms in total. The van der Waals surface area contributed by atoms with Crippen molar-refractivity contribution < 1.29 is 8.42 Å². The van der Waals surface area contributed by atoms with E-state index < -0.39 is 10.2 Å². The minimum absolute atomic E-state index is 0.121. The number of rotatable bonds is 4. The van der Waals surface area contributed by atoms with Crippen LogP contribution in [0.2, 0.25) is 0 Å². The number of hydrogen-bond donors (Lipinski definition) is 0. The van der Waals surface area contributed by atoms with Crippen LogP contribution in [0.25, 0.3) is 0 Å². The van der Waals surface area contributed by atoms with Crippen LogP contribution in [0.3, 0.4) is 0 Å². The summed E-state index contributed by atoms with van der Waals surface area (Å²) in [6.45, 7) is 2.77. The fourth-order valence-corrected chi connectivity index (χ4v) is 5.91. The van der Waals surface area contributed by atoms with Crippen LogP contribution in [-0.4, -0.2) is 33.4 Å². The van der Waals surface area contributed by atoms with E-state index in [-0.39, 0.29) is 5.41 Å². The number of hydrogen-bond acceptors (Lipinski definition) is 2. The zero-order valence-corrected chi connectivity index (χ0v) is 17.2. The van der Waals surface area contributed by atoms with Gasteiger partial charge in [0.15, 0.2) is 0 Å². The van der Waals surface area contributed by atoms with E-state index in [0.717, 1.165) is 22.1 Å². The van der Waals surface area contributed by atoms with Crippen LogP contribution in [0.4, 0.5) is 5.69 Å². The van der Waals surface area contributed by atoms with Gasteiger partial charge >= 0.3 is 10.2 Å². The van der Waals surface area contributed by atoms with Gasteiger partial charge in [-0.25, -0.2) is 0 Å². The maximum atomic E-state index is 12.8. The highest BCUT2D eigenvalue weighted by molar-refractivity contribution is 9.10. The Morgan fingerprint density at radius 3 is 2.54 bits per heavy atom. The van der Waals surface area contributed by atoms with Gasteiger partial charge in [0.25, 0.3) is 0 Å². The van der Waals surface area contributed by atoms with Crippen molar-refractivity contribution in [3.63, 3.8) is 0 Å². The van der Waals surface area contributed by atoms with Gasteiger partial charge in [0.2, 0.25) is 0 Å². The third kappa shape index (κ3) is 3.25. The van der Waals surface area contributed by atoms with Gasteiger partial charge in [-0.05, 0) is 36.1 Å². The maximum Gasteiger partial charge on any atom is 0.303 e. The van der Waals surface area contributed by atoms with Crippen LogP contribution in [0.1, 0.15) is 51.0 Å². The summed E-state index contributed by atoms with van der Waals surface area (Å²) in [5, 5.41) is 0. The van der Waals surface area contributed by atoms with Crippen molar-refractivity contribution in [1.82, 2.24) is 4.31 Å².